The Bertz CT molecular complexity index is 310. The van der Waals surface area contributed by atoms with E-state index in [2.05, 4.69) is 15.9 Å². The van der Waals surface area contributed by atoms with Crippen LogP contribution in [0, 0.1) is 5.41 Å². The summed E-state index contributed by atoms with van der Waals surface area (Å²) in [6.07, 6.45) is 0.885. The molecule has 0 bridgehead atoms. The van der Waals surface area contributed by atoms with Crippen LogP contribution in [0.4, 0.5) is 0 Å². The molecular formula is C10H13BrN2S. The van der Waals surface area contributed by atoms with Crippen LogP contribution in [0.5, 0.6) is 0 Å². The van der Waals surface area contributed by atoms with Gasteiger partial charge in [-0.1, -0.05) is 22.9 Å². The number of hydrogen-bond acceptors (Lipinski definition) is 2. The monoisotopic (exact) mass is 272 g/mol. The minimum Gasteiger partial charge on any atom is -0.387 e. The summed E-state index contributed by atoms with van der Waals surface area (Å²) < 4.78 is 1.07. The van der Waals surface area contributed by atoms with Crippen LogP contribution in [-0.4, -0.2) is 11.1 Å². The van der Waals surface area contributed by atoms with E-state index in [0.29, 0.717) is 0 Å². The molecule has 0 saturated carbocycles. The zero-order chi connectivity index (χ0) is 10.6. The first-order valence-electron chi connectivity index (χ1n) is 4.39. The third-order valence-corrected chi connectivity index (χ3v) is 3.75. The van der Waals surface area contributed by atoms with E-state index in [1.54, 1.807) is 11.8 Å². The summed E-state index contributed by atoms with van der Waals surface area (Å²) in [7, 11) is 0. The van der Waals surface area contributed by atoms with E-state index in [9.17, 15) is 0 Å². The highest BCUT2D eigenvalue weighted by molar-refractivity contribution is 9.10. The molecule has 1 unspecified atom stereocenters. The van der Waals surface area contributed by atoms with Crippen LogP contribution in [0.25, 0.3) is 0 Å². The van der Waals surface area contributed by atoms with Crippen LogP contribution in [0.15, 0.2) is 33.6 Å². The maximum atomic E-state index is 7.39. The quantitative estimate of drug-likeness (QED) is 0.502. The van der Waals surface area contributed by atoms with Crippen molar-refractivity contribution in [1.29, 1.82) is 5.41 Å². The zero-order valence-corrected chi connectivity index (χ0v) is 10.4. The second kappa shape index (κ2) is 5.41. The third-order valence-electron chi connectivity index (χ3n) is 1.81. The van der Waals surface area contributed by atoms with Crippen molar-refractivity contribution >= 4 is 33.5 Å². The second-order valence-electron chi connectivity index (χ2n) is 2.92. The molecular weight excluding hydrogens is 260 g/mol. The lowest BCUT2D eigenvalue weighted by Crippen LogP contribution is -2.23. The minimum atomic E-state index is 0.0937. The molecule has 0 spiro atoms. The summed E-state index contributed by atoms with van der Waals surface area (Å²) in [5.41, 5.74) is 5.48. The highest BCUT2D eigenvalue weighted by atomic mass is 79.9. The molecule has 4 heteroatoms. The molecule has 14 heavy (non-hydrogen) atoms. The van der Waals surface area contributed by atoms with Crippen molar-refractivity contribution in [3.63, 3.8) is 0 Å². The van der Waals surface area contributed by atoms with Gasteiger partial charge in [-0.05, 0) is 30.7 Å². The summed E-state index contributed by atoms with van der Waals surface area (Å²) in [6, 6.07) is 8.05. The van der Waals surface area contributed by atoms with Crippen molar-refractivity contribution in [2.24, 2.45) is 5.73 Å². The number of halogens is 1. The van der Waals surface area contributed by atoms with Gasteiger partial charge in [0.15, 0.2) is 0 Å². The number of nitrogens with one attached hydrogen (secondary N) is 1. The molecule has 0 aliphatic rings. The highest BCUT2D eigenvalue weighted by Gasteiger charge is 2.10. The van der Waals surface area contributed by atoms with Crippen LogP contribution in [0.2, 0.25) is 0 Å². The lowest BCUT2D eigenvalue weighted by atomic mass is 10.3. The number of nitrogens with two attached hydrogens (primary N) is 1. The average molecular weight is 273 g/mol. The van der Waals surface area contributed by atoms with Gasteiger partial charge in [0.25, 0.3) is 0 Å². The summed E-state index contributed by atoms with van der Waals surface area (Å²) in [5.74, 6) is 0.250. The van der Waals surface area contributed by atoms with Crippen LogP contribution in [-0.2, 0) is 0 Å². The van der Waals surface area contributed by atoms with Gasteiger partial charge in [0.2, 0.25) is 0 Å². The SMILES string of the molecule is CCC(Sc1ccc(Br)cc1)C(=N)N. The molecule has 0 fully saturated rings. The molecule has 76 valence electrons. The normalized spacial score (nSPS) is 12.4. The van der Waals surface area contributed by atoms with Crippen LogP contribution < -0.4 is 5.73 Å². The fourth-order valence-corrected chi connectivity index (χ4v) is 2.22. The number of thioether (sulfide) groups is 1. The fourth-order valence-electron chi connectivity index (χ4n) is 1.04. The molecule has 1 rings (SSSR count). The van der Waals surface area contributed by atoms with E-state index in [-0.39, 0.29) is 11.1 Å². The topological polar surface area (TPSA) is 49.9 Å². The molecule has 0 amide bonds. The van der Waals surface area contributed by atoms with Gasteiger partial charge in [-0.15, -0.1) is 11.8 Å². The Morgan fingerprint density at radius 2 is 2.07 bits per heavy atom. The predicted octanol–water partition coefficient (Wildman–Crippen LogP) is 3.26. The van der Waals surface area contributed by atoms with Crippen molar-refractivity contribution in [2.45, 2.75) is 23.5 Å². The van der Waals surface area contributed by atoms with E-state index in [4.69, 9.17) is 11.1 Å². The molecule has 1 aromatic rings. The summed E-state index contributed by atoms with van der Waals surface area (Å²) >= 11 is 5.02. The third kappa shape index (κ3) is 3.35. The van der Waals surface area contributed by atoms with Crippen molar-refractivity contribution in [3.8, 4) is 0 Å². The summed E-state index contributed by atoms with van der Waals surface area (Å²) in [4.78, 5) is 1.15. The van der Waals surface area contributed by atoms with Gasteiger partial charge in [0.1, 0.15) is 5.84 Å². The smallest absolute Gasteiger partial charge is 0.104 e. The molecule has 0 heterocycles. The molecule has 3 N–H and O–H groups in total. The molecule has 1 atom stereocenters. The minimum absolute atomic E-state index is 0.0937. The van der Waals surface area contributed by atoms with Gasteiger partial charge in [0.05, 0.1) is 5.25 Å². The molecule has 1 aromatic carbocycles. The lowest BCUT2D eigenvalue weighted by Gasteiger charge is -2.12. The summed E-state index contributed by atoms with van der Waals surface area (Å²) in [6.45, 7) is 2.04. The van der Waals surface area contributed by atoms with Crippen LogP contribution in [0.3, 0.4) is 0 Å². The Morgan fingerprint density at radius 3 is 2.50 bits per heavy atom. The molecule has 0 radical (unpaired) electrons. The van der Waals surface area contributed by atoms with Gasteiger partial charge in [0, 0.05) is 9.37 Å². The number of hydrogen-bond donors (Lipinski definition) is 2. The van der Waals surface area contributed by atoms with Crippen LogP contribution >= 0.6 is 27.7 Å². The first kappa shape index (κ1) is 11.6. The first-order valence-corrected chi connectivity index (χ1v) is 6.07. The lowest BCUT2D eigenvalue weighted by molar-refractivity contribution is 0.991. The molecule has 0 aromatic heterocycles. The Labute approximate surface area is 96.9 Å². The predicted molar refractivity (Wildman–Crippen MR) is 66.0 cm³/mol. The maximum absolute atomic E-state index is 7.39. The van der Waals surface area contributed by atoms with E-state index in [0.717, 1.165) is 15.8 Å². The van der Waals surface area contributed by atoms with E-state index in [1.165, 1.54) is 0 Å². The van der Waals surface area contributed by atoms with Crippen molar-refractivity contribution in [3.05, 3.63) is 28.7 Å². The van der Waals surface area contributed by atoms with Gasteiger partial charge in [-0.25, -0.2) is 0 Å². The molecule has 0 saturated heterocycles. The van der Waals surface area contributed by atoms with Gasteiger partial charge < -0.3 is 5.73 Å². The van der Waals surface area contributed by atoms with Crippen molar-refractivity contribution in [1.82, 2.24) is 0 Å². The standard InChI is InChI=1S/C10H13BrN2S/c1-2-9(10(12)13)14-8-5-3-7(11)4-6-8/h3-6,9H,2H2,1H3,(H3,12,13). The largest absolute Gasteiger partial charge is 0.387 e. The van der Waals surface area contributed by atoms with Crippen molar-refractivity contribution < 1.29 is 0 Å². The van der Waals surface area contributed by atoms with Gasteiger partial charge in [-0.2, -0.15) is 0 Å². The first-order chi connectivity index (χ1) is 6.63. The fraction of sp³-hybridized carbons (Fsp3) is 0.300. The number of amidine groups is 1. The van der Waals surface area contributed by atoms with Crippen LogP contribution in [0.1, 0.15) is 13.3 Å². The maximum Gasteiger partial charge on any atom is 0.104 e. The molecule has 0 aliphatic heterocycles. The Morgan fingerprint density at radius 1 is 1.50 bits per heavy atom. The Hall–Kier alpha value is -0.480. The van der Waals surface area contributed by atoms with E-state index in [1.807, 2.05) is 31.2 Å². The Kier molecular flexibility index (Phi) is 4.48. The summed E-state index contributed by atoms with van der Waals surface area (Å²) in [5, 5.41) is 7.48. The second-order valence-corrected chi connectivity index (χ2v) is 5.12. The molecule has 2 nitrogen and oxygen atoms in total. The molecule has 0 aliphatic carbocycles. The van der Waals surface area contributed by atoms with E-state index < -0.39 is 0 Å². The number of rotatable bonds is 4. The van der Waals surface area contributed by atoms with Gasteiger partial charge in [-0.3, -0.25) is 5.41 Å². The van der Waals surface area contributed by atoms with Crippen molar-refractivity contribution in [2.75, 3.05) is 0 Å². The Balaban J connectivity index is 2.67. The van der Waals surface area contributed by atoms with E-state index >= 15 is 0 Å². The number of benzene rings is 1. The van der Waals surface area contributed by atoms with Gasteiger partial charge >= 0.3 is 0 Å². The zero-order valence-electron chi connectivity index (χ0n) is 7.96. The highest BCUT2D eigenvalue weighted by Crippen LogP contribution is 2.26. The average Bonchev–Trinajstić information content (AvgIpc) is 2.16.